The standard InChI is InChI=1S/C22H25N5O4S/c23-15-18-3-1-9-24-21(18)26-10-12-27(13-11-26)22(28)17-5-7-20(8-6-17)32(29,30)25-16-19-4-2-14-31-19/h1,3,5-9,19,25H,2,4,10-14,16H2. The van der Waals surface area contributed by atoms with E-state index in [-0.39, 0.29) is 23.5 Å². The molecule has 1 N–H and O–H groups in total. The molecule has 3 heterocycles. The second-order valence-electron chi connectivity index (χ2n) is 7.78. The lowest BCUT2D eigenvalue weighted by Gasteiger charge is -2.35. The molecule has 1 aromatic carbocycles. The van der Waals surface area contributed by atoms with Crippen LogP contribution in [0, 0.1) is 11.3 Å². The molecule has 0 saturated carbocycles. The molecule has 2 saturated heterocycles. The van der Waals surface area contributed by atoms with Crippen LogP contribution in [0.4, 0.5) is 5.82 Å². The normalized spacial score (nSPS) is 19.0. The third-order valence-electron chi connectivity index (χ3n) is 5.71. The molecule has 1 unspecified atom stereocenters. The molecule has 2 aliphatic rings. The first kappa shape index (κ1) is 22.2. The van der Waals surface area contributed by atoms with E-state index in [2.05, 4.69) is 15.8 Å². The van der Waals surface area contributed by atoms with Crippen LogP contribution in [0.15, 0.2) is 47.5 Å². The van der Waals surface area contributed by atoms with Crippen LogP contribution in [0.2, 0.25) is 0 Å². The molecular formula is C22H25N5O4S. The third-order valence-corrected chi connectivity index (χ3v) is 7.15. The number of pyridine rings is 1. The molecule has 2 fully saturated rings. The number of aromatic nitrogens is 1. The Morgan fingerprint density at radius 1 is 1.19 bits per heavy atom. The highest BCUT2D eigenvalue weighted by atomic mass is 32.2. The van der Waals surface area contributed by atoms with Crippen molar-refractivity contribution in [2.75, 3.05) is 44.2 Å². The summed E-state index contributed by atoms with van der Waals surface area (Å²) in [5.74, 6) is 0.481. The Labute approximate surface area is 187 Å². The monoisotopic (exact) mass is 455 g/mol. The van der Waals surface area contributed by atoms with Crippen LogP contribution < -0.4 is 9.62 Å². The van der Waals surface area contributed by atoms with Gasteiger partial charge in [0.05, 0.1) is 16.6 Å². The SMILES string of the molecule is N#Cc1cccnc1N1CCN(C(=O)c2ccc(S(=O)(=O)NCC3CCCO3)cc2)CC1. The van der Waals surface area contributed by atoms with Crippen molar-refractivity contribution in [3.8, 4) is 6.07 Å². The Kier molecular flexibility index (Phi) is 6.69. The maximum absolute atomic E-state index is 12.9. The topological polar surface area (TPSA) is 116 Å². The molecular weight excluding hydrogens is 430 g/mol. The highest BCUT2D eigenvalue weighted by Gasteiger charge is 2.25. The van der Waals surface area contributed by atoms with E-state index >= 15 is 0 Å². The molecule has 0 radical (unpaired) electrons. The third kappa shape index (κ3) is 4.91. The molecule has 0 bridgehead atoms. The fraction of sp³-hybridized carbons (Fsp3) is 0.409. The number of nitriles is 1. The summed E-state index contributed by atoms with van der Waals surface area (Å²) >= 11 is 0. The lowest BCUT2D eigenvalue weighted by molar-refractivity contribution is 0.0746. The summed E-state index contributed by atoms with van der Waals surface area (Å²) in [6.07, 6.45) is 3.36. The molecule has 168 valence electrons. The second-order valence-corrected chi connectivity index (χ2v) is 9.54. The summed E-state index contributed by atoms with van der Waals surface area (Å²) in [6.45, 7) is 3.02. The summed E-state index contributed by atoms with van der Waals surface area (Å²) in [5.41, 5.74) is 0.948. The zero-order valence-corrected chi connectivity index (χ0v) is 18.4. The summed E-state index contributed by atoms with van der Waals surface area (Å²) < 4.78 is 33.0. The summed E-state index contributed by atoms with van der Waals surface area (Å²) in [4.78, 5) is 21.0. The van der Waals surface area contributed by atoms with Crippen molar-refractivity contribution in [2.24, 2.45) is 0 Å². The van der Waals surface area contributed by atoms with E-state index in [1.54, 1.807) is 35.4 Å². The lowest BCUT2D eigenvalue weighted by atomic mass is 10.1. The maximum atomic E-state index is 12.9. The van der Waals surface area contributed by atoms with Gasteiger partial charge >= 0.3 is 0 Å². The molecule has 10 heteroatoms. The van der Waals surface area contributed by atoms with E-state index in [1.807, 2.05) is 4.90 Å². The zero-order chi connectivity index (χ0) is 22.6. The van der Waals surface area contributed by atoms with Gasteiger partial charge in [-0.1, -0.05) is 0 Å². The number of piperazine rings is 1. The number of anilines is 1. The predicted octanol–water partition coefficient (Wildman–Crippen LogP) is 1.37. The van der Waals surface area contributed by atoms with E-state index in [4.69, 9.17) is 4.74 Å². The number of benzene rings is 1. The van der Waals surface area contributed by atoms with Crippen LogP contribution in [-0.4, -0.2) is 69.6 Å². The molecule has 2 aliphatic heterocycles. The number of nitrogens with zero attached hydrogens (tertiary/aromatic N) is 4. The molecule has 1 atom stereocenters. The van der Waals surface area contributed by atoms with Gasteiger partial charge in [-0.15, -0.1) is 0 Å². The van der Waals surface area contributed by atoms with E-state index in [9.17, 15) is 18.5 Å². The minimum Gasteiger partial charge on any atom is -0.377 e. The van der Waals surface area contributed by atoms with Crippen molar-refractivity contribution in [3.05, 3.63) is 53.7 Å². The van der Waals surface area contributed by atoms with E-state index < -0.39 is 10.0 Å². The fourth-order valence-electron chi connectivity index (χ4n) is 3.91. The molecule has 1 aromatic heterocycles. The molecule has 1 amide bonds. The smallest absolute Gasteiger partial charge is 0.253 e. The van der Waals surface area contributed by atoms with Crippen LogP contribution in [0.5, 0.6) is 0 Å². The number of amides is 1. The maximum Gasteiger partial charge on any atom is 0.253 e. The van der Waals surface area contributed by atoms with Gasteiger partial charge in [0.15, 0.2) is 0 Å². The number of ether oxygens (including phenoxy) is 1. The number of rotatable bonds is 6. The summed E-state index contributed by atoms with van der Waals surface area (Å²) in [6, 6.07) is 11.6. The van der Waals surface area contributed by atoms with Gasteiger partial charge in [-0.2, -0.15) is 5.26 Å². The fourth-order valence-corrected chi connectivity index (χ4v) is 4.97. The Hall–Kier alpha value is -3.00. The number of carbonyl (C=O) groups is 1. The average molecular weight is 456 g/mol. The number of hydrogen-bond donors (Lipinski definition) is 1. The van der Waals surface area contributed by atoms with Crippen molar-refractivity contribution in [1.29, 1.82) is 5.26 Å². The Balaban J connectivity index is 1.35. The van der Waals surface area contributed by atoms with Gasteiger partial charge < -0.3 is 14.5 Å². The highest BCUT2D eigenvalue weighted by Crippen LogP contribution is 2.20. The highest BCUT2D eigenvalue weighted by molar-refractivity contribution is 7.89. The zero-order valence-electron chi connectivity index (χ0n) is 17.6. The first-order valence-corrected chi connectivity index (χ1v) is 12.1. The quantitative estimate of drug-likeness (QED) is 0.699. The largest absolute Gasteiger partial charge is 0.377 e. The lowest BCUT2D eigenvalue weighted by Crippen LogP contribution is -2.49. The van der Waals surface area contributed by atoms with Gasteiger partial charge in [0.1, 0.15) is 11.9 Å². The number of nitrogens with one attached hydrogen (secondary N) is 1. The molecule has 4 rings (SSSR count). The summed E-state index contributed by atoms with van der Waals surface area (Å²) in [7, 11) is -3.65. The molecule has 0 aliphatic carbocycles. The molecule has 2 aromatic rings. The predicted molar refractivity (Wildman–Crippen MR) is 118 cm³/mol. The van der Waals surface area contributed by atoms with Crippen molar-refractivity contribution in [2.45, 2.75) is 23.8 Å². The van der Waals surface area contributed by atoms with Gasteiger partial charge in [0, 0.05) is 51.1 Å². The van der Waals surface area contributed by atoms with Gasteiger partial charge in [-0.25, -0.2) is 18.1 Å². The van der Waals surface area contributed by atoms with Crippen LogP contribution in [0.1, 0.15) is 28.8 Å². The minimum atomic E-state index is -3.65. The first-order valence-electron chi connectivity index (χ1n) is 10.6. The Bertz CT molecular complexity index is 1100. The minimum absolute atomic E-state index is 0.0837. The number of sulfonamides is 1. The van der Waals surface area contributed by atoms with Crippen LogP contribution in [0.3, 0.4) is 0 Å². The molecule has 9 nitrogen and oxygen atoms in total. The van der Waals surface area contributed by atoms with Crippen LogP contribution in [-0.2, 0) is 14.8 Å². The number of carbonyl (C=O) groups excluding carboxylic acids is 1. The van der Waals surface area contributed by atoms with Crippen molar-refractivity contribution < 1.29 is 17.9 Å². The van der Waals surface area contributed by atoms with Crippen molar-refractivity contribution in [1.82, 2.24) is 14.6 Å². The van der Waals surface area contributed by atoms with Crippen molar-refractivity contribution in [3.63, 3.8) is 0 Å². The Morgan fingerprint density at radius 3 is 2.59 bits per heavy atom. The van der Waals surface area contributed by atoms with Gasteiger partial charge in [0.25, 0.3) is 5.91 Å². The van der Waals surface area contributed by atoms with Crippen LogP contribution >= 0.6 is 0 Å². The second kappa shape index (κ2) is 9.65. The summed E-state index contributed by atoms with van der Waals surface area (Å²) in [5, 5.41) is 9.27. The van der Waals surface area contributed by atoms with Gasteiger partial charge in [0.2, 0.25) is 10.0 Å². The van der Waals surface area contributed by atoms with E-state index in [1.165, 1.54) is 12.1 Å². The van der Waals surface area contributed by atoms with Gasteiger partial charge in [-0.3, -0.25) is 4.79 Å². The Morgan fingerprint density at radius 2 is 1.94 bits per heavy atom. The molecule has 0 spiro atoms. The van der Waals surface area contributed by atoms with Gasteiger partial charge in [-0.05, 0) is 49.2 Å². The first-order chi connectivity index (χ1) is 15.5. The van der Waals surface area contributed by atoms with Crippen molar-refractivity contribution >= 4 is 21.7 Å². The van der Waals surface area contributed by atoms with Crippen LogP contribution in [0.25, 0.3) is 0 Å². The molecule has 32 heavy (non-hydrogen) atoms. The van der Waals surface area contributed by atoms with E-state index in [0.29, 0.717) is 49.7 Å². The van der Waals surface area contributed by atoms with E-state index in [0.717, 1.165) is 12.8 Å². The average Bonchev–Trinajstić information content (AvgIpc) is 3.36. The number of hydrogen-bond acceptors (Lipinski definition) is 7.